The van der Waals surface area contributed by atoms with Gasteiger partial charge in [0.1, 0.15) is 12.4 Å². The van der Waals surface area contributed by atoms with Crippen LogP contribution in [0.1, 0.15) is 11.1 Å². The first kappa shape index (κ1) is 15.5. The molecule has 6 heteroatoms. The SMILES string of the molecule is Clc1cc(/C=N\Nc2nccs2)ccc1OCc1ccccc1. The molecule has 0 amide bonds. The summed E-state index contributed by atoms with van der Waals surface area (Å²) in [6, 6.07) is 15.5. The highest BCUT2D eigenvalue weighted by molar-refractivity contribution is 7.13. The van der Waals surface area contributed by atoms with Gasteiger partial charge in [-0.05, 0) is 29.3 Å². The van der Waals surface area contributed by atoms with Crippen LogP contribution in [0.5, 0.6) is 5.75 Å². The molecule has 0 fully saturated rings. The van der Waals surface area contributed by atoms with Crippen LogP contribution in [0, 0.1) is 0 Å². The lowest BCUT2D eigenvalue weighted by atomic mass is 10.2. The Labute approximate surface area is 143 Å². The molecule has 1 aromatic heterocycles. The van der Waals surface area contributed by atoms with Crippen LogP contribution < -0.4 is 10.2 Å². The van der Waals surface area contributed by atoms with Crippen LogP contribution >= 0.6 is 22.9 Å². The normalized spacial score (nSPS) is 10.8. The average molecular weight is 344 g/mol. The van der Waals surface area contributed by atoms with E-state index in [0.717, 1.165) is 16.3 Å². The maximum Gasteiger partial charge on any atom is 0.203 e. The summed E-state index contributed by atoms with van der Waals surface area (Å²) in [6.45, 7) is 0.486. The number of nitrogens with zero attached hydrogens (tertiary/aromatic N) is 2. The third-order valence-corrected chi connectivity index (χ3v) is 3.97. The number of ether oxygens (including phenoxy) is 1. The minimum atomic E-state index is 0.486. The lowest BCUT2D eigenvalue weighted by molar-refractivity contribution is 0.306. The second-order valence-electron chi connectivity index (χ2n) is 4.67. The first-order valence-electron chi connectivity index (χ1n) is 6.96. The molecule has 0 atom stereocenters. The van der Waals surface area contributed by atoms with Crippen molar-refractivity contribution >= 4 is 34.3 Å². The van der Waals surface area contributed by atoms with E-state index in [1.54, 1.807) is 12.4 Å². The molecule has 0 aliphatic rings. The molecule has 0 aliphatic carbocycles. The van der Waals surface area contributed by atoms with E-state index in [9.17, 15) is 0 Å². The summed E-state index contributed by atoms with van der Waals surface area (Å²) in [5, 5.41) is 7.30. The van der Waals surface area contributed by atoms with Crippen molar-refractivity contribution in [1.29, 1.82) is 0 Å². The van der Waals surface area contributed by atoms with Crippen molar-refractivity contribution in [1.82, 2.24) is 4.98 Å². The monoisotopic (exact) mass is 343 g/mol. The predicted molar refractivity (Wildman–Crippen MR) is 95.6 cm³/mol. The fourth-order valence-electron chi connectivity index (χ4n) is 1.89. The van der Waals surface area contributed by atoms with Gasteiger partial charge in [0, 0.05) is 11.6 Å². The zero-order valence-corrected chi connectivity index (χ0v) is 13.7. The van der Waals surface area contributed by atoms with Crippen molar-refractivity contribution in [3.63, 3.8) is 0 Å². The van der Waals surface area contributed by atoms with Crippen LogP contribution in [-0.2, 0) is 6.61 Å². The standard InChI is InChI=1S/C17H14ClN3OS/c18-15-10-14(11-20-21-17-19-8-9-23-17)6-7-16(15)22-12-13-4-2-1-3-5-13/h1-11H,12H2,(H,19,21)/b20-11-. The Kier molecular flexibility index (Phi) is 5.24. The Hall–Kier alpha value is -2.37. The topological polar surface area (TPSA) is 46.5 Å². The van der Waals surface area contributed by atoms with Gasteiger partial charge in [-0.25, -0.2) is 4.98 Å². The number of thiazole rings is 1. The second-order valence-corrected chi connectivity index (χ2v) is 5.97. The van der Waals surface area contributed by atoms with Crippen molar-refractivity contribution in [2.75, 3.05) is 5.43 Å². The fraction of sp³-hybridized carbons (Fsp3) is 0.0588. The highest BCUT2D eigenvalue weighted by atomic mass is 35.5. The molecule has 23 heavy (non-hydrogen) atoms. The molecule has 0 bridgehead atoms. The van der Waals surface area contributed by atoms with E-state index in [-0.39, 0.29) is 0 Å². The zero-order chi connectivity index (χ0) is 15.9. The van der Waals surface area contributed by atoms with Crippen LogP contribution in [0.3, 0.4) is 0 Å². The Morgan fingerprint density at radius 2 is 2.09 bits per heavy atom. The number of hydrogen-bond donors (Lipinski definition) is 1. The summed E-state index contributed by atoms with van der Waals surface area (Å²) in [5.41, 5.74) is 4.84. The summed E-state index contributed by atoms with van der Waals surface area (Å²) in [6.07, 6.45) is 3.41. The maximum atomic E-state index is 6.26. The van der Waals surface area contributed by atoms with Crippen molar-refractivity contribution in [3.8, 4) is 5.75 Å². The Bertz CT molecular complexity index is 776. The second kappa shape index (κ2) is 7.76. The highest BCUT2D eigenvalue weighted by Crippen LogP contribution is 2.25. The third-order valence-electron chi connectivity index (χ3n) is 3.00. The summed E-state index contributed by atoms with van der Waals surface area (Å²) in [5.74, 6) is 0.653. The number of hydrazone groups is 1. The maximum absolute atomic E-state index is 6.26. The van der Waals surface area contributed by atoms with E-state index in [1.165, 1.54) is 11.3 Å². The zero-order valence-electron chi connectivity index (χ0n) is 12.1. The van der Waals surface area contributed by atoms with Gasteiger partial charge < -0.3 is 4.74 Å². The first-order valence-corrected chi connectivity index (χ1v) is 8.22. The molecule has 4 nitrogen and oxygen atoms in total. The molecule has 0 radical (unpaired) electrons. The van der Waals surface area contributed by atoms with E-state index >= 15 is 0 Å². The van der Waals surface area contributed by atoms with Crippen LogP contribution in [0.4, 0.5) is 5.13 Å². The van der Waals surface area contributed by atoms with Crippen molar-refractivity contribution in [2.45, 2.75) is 6.61 Å². The molecule has 3 rings (SSSR count). The molecule has 116 valence electrons. The molecule has 1 heterocycles. The number of halogens is 1. The summed E-state index contributed by atoms with van der Waals surface area (Å²) < 4.78 is 5.74. The highest BCUT2D eigenvalue weighted by Gasteiger charge is 2.03. The van der Waals surface area contributed by atoms with Crippen molar-refractivity contribution < 1.29 is 4.74 Å². The molecule has 0 spiro atoms. The van der Waals surface area contributed by atoms with Gasteiger partial charge in [-0.2, -0.15) is 5.10 Å². The molecule has 1 N–H and O–H groups in total. The third kappa shape index (κ3) is 4.55. The molecule has 3 aromatic rings. The van der Waals surface area contributed by atoms with Gasteiger partial charge in [0.2, 0.25) is 5.13 Å². The fourth-order valence-corrected chi connectivity index (χ4v) is 2.61. The van der Waals surface area contributed by atoms with E-state index < -0.39 is 0 Å². The van der Waals surface area contributed by atoms with Gasteiger partial charge in [0.05, 0.1) is 11.2 Å². The van der Waals surface area contributed by atoms with E-state index in [2.05, 4.69) is 15.5 Å². The molecule has 0 saturated heterocycles. The Morgan fingerprint density at radius 3 is 2.83 bits per heavy atom. The lowest BCUT2D eigenvalue weighted by Gasteiger charge is -2.08. The van der Waals surface area contributed by atoms with Gasteiger partial charge in [0.25, 0.3) is 0 Å². The van der Waals surface area contributed by atoms with Gasteiger partial charge in [-0.15, -0.1) is 11.3 Å². The van der Waals surface area contributed by atoms with Gasteiger partial charge in [-0.3, -0.25) is 5.43 Å². The number of aromatic nitrogens is 1. The quantitative estimate of drug-likeness (QED) is 0.515. The summed E-state index contributed by atoms with van der Waals surface area (Å²) in [7, 11) is 0. The molecule has 0 unspecified atom stereocenters. The van der Waals surface area contributed by atoms with Crippen LogP contribution in [0.15, 0.2) is 65.2 Å². The Balaban J connectivity index is 1.60. The van der Waals surface area contributed by atoms with Crippen LogP contribution in [0.2, 0.25) is 5.02 Å². The number of anilines is 1. The van der Waals surface area contributed by atoms with E-state index in [1.807, 2.05) is 53.9 Å². The Morgan fingerprint density at radius 1 is 1.22 bits per heavy atom. The number of hydrogen-bond acceptors (Lipinski definition) is 5. The van der Waals surface area contributed by atoms with E-state index in [0.29, 0.717) is 17.4 Å². The van der Waals surface area contributed by atoms with Gasteiger partial charge in [0.15, 0.2) is 0 Å². The van der Waals surface area contributed by atoms with Crippen molar-refractivity contribution in [3.05, 3.63) is 76.3 Å². The van der Waals surface area contributed by atoms with Gasteiger partial charge >= 0.3 is 0 Å². The number of benzene rings is 2. The first-order chi connectivity index (χ1) is 11.3. The molecule has 0 saturated carbocycles. The molecular weight excluding hydrogens is 330 g/mol. The van der Waals surface area contributed by atoms with Crippen LogP contribution in [-0.4, -0.2) is 11.2 Å². The van der Waals surface area contributed by atoms with Crippen molar-refractivity contribution in [2.24, 2.45) is 5.10 Å². The minimum Gasteiger partial charge on any atom is -0.487 e. The summed E-state index contributed by atoms with van der Waals surface area (Å²) >= 11 is 7.74. The minimum absolute atomic E-state index is 0.486. The largest absolute Gasteiger partial charge is 0.487 e. The average Bonchev–Trinajstić information content (AvgIpc) is 3.08. The van der Waals surface area contributed by atoms with Crippen LogP contribution in [0.25, 0.3) is 0 Å². The molecule has 0 aliphatic heterocycles. The lowest BCUT2D eigenvalue weighted by Crippen LogP contribution is -1.96. The van der Waals surface area contributed by atoms with E-state index in [4.69, 9.17) is 16.3 Å². The smallest absolute Gasteiger partial charge is 0.203 e. The number of rotatable bonds is 6. The predicted octanol–water partition coefficient (Wildman–Crippen LogP) is 4.82. The number of nitrogens with one attached hydrogen (secondary N) is 1. The van der Waals surface area contributed by atoms with Gasteiger partial charge in [-0.1, -0.05) is 41.9 Å². The summed E-state index contributed by atoms with van der Waals surface area (Å²) in [4.78, 5) is 4.08. The molecule has 2 aromatic carbocycles. The molecular formula is C17H14ClN3OS.